The van der Waals surface area contributed by atoms with Crippen molar-refractivity contribution in [1.82, 2.24) is 5.32 Å². The standard InChI is InChI=1S/C13H19NO3/c1-3-17-9-10(2)14-8-11-4-6-12(7-5-11)13(15)16/h4-7,10,14H,3,8-9H2,1-2H3,(H,15,16). The summed E-state index contributed by atoms with van der Waals surface area (Å²) in [5.41, 5.74) is 1.38. The van der Waals surface area contributed by atoms with Gasteiger partial charge in [-0.2, -0.15) is 0 Å². The molecule has 1 rings (SSSR count). The second-order valence-corrected chi connectivity index (χ2v) is 3.94. The Balaban J connectivity index is 2.39. The average molecular weight is 237 g/mol. The molecule has 0 aliphatic rings. The Morgan fingerprint density at radius 2 is 2.06 bits per heavy atom. The predicted molar refractivity (Wildman–Crippen MR) is 66.2 cm³/mol. The van der Waals surface area contributed by atoms with Gasteiger partial charge in [0.25, 0.3) is 0 Å². The zero-order valence-corrected chi connectivity index (χ0v) is 10.3. The molecule has 0 aliphatic heterocycles. The van der Waals surface area contributed by atoms with Gasteiger partial charge in [0.05, 0.1) is 12.2 Å². The van der Waals surface area contributed by atoms with Crippen LogP contribution in [0.2, 0.25) is 0 Å². The van der Waals surface area contributed by atoms with Gasteiger partial charge in [0.2, 0.25) is 0 Å². The summed E-state index contributed by atoms with van der Waals surface area (Å²) in [7, 11) is 0. The number of benzene rings is 1. The molecule has 4 nitrogen and oxygen atoms in total. The van der Waals surface area contributed by atoms with Crippen molar-refractivity contribution in [2.45, 2.75) is 26.4 Å². The highest BCUT2D eigenvalue weighted by Crippen LogP contribution is 2.04. The molecule has 17 heavy (non-hydrogen) atoms. The number of hydrogen-bond donors (Lipinski definition) is 2. The topological polar surface area (TPSA) is 58.6 Å². The lowest BCUT2D eigenvalue weighted by Crippen LogP contribution is -2.30. The van der Waals surface area contributed by atoms with E-state index < -0.39 is 5.97 Å². The van der Waals surface area contributed by atoms with E-state index in [1.165, 1.54) is 0 Å². The highest BCUT2D eigenvalue weighted by molar-refractivity contribution is 5.87. The number of nitrogens with one attached hydrogen (secondary N) is 1. The Hall–Kier alpha value is -1.39. The molecular weight excluding hydrogens is 218 g/mol. The van der Waals surface area contributed by atoms with Crippen molar-refractivity contribution in [1.29, 1.82) is 0 Å². The van der Waals surface area contributed by atoms with Crippen molar-refractivity contribution in [2.75, 3.05) is 13.2 Å². The first-order valence-electron chi connectivity index (χ1n) is 5.76. The van der Waals surface area contributed by atoms with E-state index in [-0.39, 0.29) is 6.04 Å². The van der Waals surface area contributed by atoms with E-state index in [2.05, 4.69) is 12.2 Å². The Kier molecular flexibility index (Phi) is 5.66. The van der Waals surface area contributed by atoms with E-state index in [1.807, 2.05) is 19.1 Å². The second kappa shape index (κ2) is 7.04. The first kappa shape index (κ1) is 13.7. The molecule has 0 aromatic heterocycles. The summed E-state index contributed by atoms with van der Waals surface area (Å²) in [5.74, 6) is -0.894. The van der Waals surface area contributed by atoms with Crippen LogP contribution in [0.15, 0.2) is 24.3 Å². The summed E-state index contributed by atoms with van der Waals surface area (Å²) >= 11 is 0. The Labute approximate surface area is 102 Å². The Morgan fingerprint density at radius 3 is 2.59 bits per heavy atom. The first-order valence-corrected chi connectivity index (χ1v) is 5.76. The normalized spacial score (nSPS) is 12.4. The zero-order valence-electron chi connectivity index (χ0n) is 10.3. The van der Waals surface area contributed by atoms with Gasteiger partial charge in [-0.25, -0.2) is 4.79 Å². The minimum atomic E-state index is -0.894. The third-order valence-electron chi connectivity index (χ3n) is 2.43. The summed E-state index contributed by atoms with van der Waals surface area (Å²) in [4.78, 5) is 10.7. The van der Waals surface area contributed by atoms with Crippen LogP contribution in [0.25, 0.3) is 0 Å². The van der Waals surface area contributed by atoms with Crippen LogP contribution in [0.1, 0.15) is 29.8 Å². The van der Waals surface area contributed by atoms with Gasteiger partial charge >= 0.3 is 5.97 Å². The molecule has 0 fully saturated rings. The maximum atomic E-state index is 10.7. The predicted octanol–water partition coefficient (Wildman–Crippen LogP) is 1.90. The molecule has 0 amide bonds. The molecular formula is C13H19NO3. The molecule has 94 valence electrons. The molecule has 0 aliphatic carbocycles. The molecule has 2 N–H and O–H groups in total. The molecule has 1 atom stereocenters. The van der Waals surface area contributed by atoms with Gasteiger partial charge in [-0.15, -0.1) is 0 Å². The van der Waals surface area contributed by atoms with E-state index in [9.17, 15) is 4.79 Å². The summed E-state index contributed by atoms with van der Waals surface area (Å²) in [6.07, 6.45) is 0. The van der Waals surface area contributed by atoms with Crippen molar-refractivity contribution in [3.8, 4) is 0 Å². The molecule has 1 aromatic rings. The third kappa shape index (κ3) is 4.97. The first-order chi connectivity index (χ1) is 8.13. The number of carboxylic acid groups (broad SMARTS) is 1. The van der Waals surface area contributed by atoms with E-state index in [1.54, 1.807) is 12.1 Å². The molecule has 1 aromatic carbocycles. The molecule has 0 bridgehead atoms. The van der Waals surface area contributed by atoms with Crippen molar-refractivity contribution in [2.24, 2.45) is 0 Å². The Bertz CT molecular complexity index is 348. The van der Waals surface area contributed by atoms with Gasteiger partial charge in [-0.3, -0.25) is 0 Å². The van der Waals surface area contributed by atoms with Gasteiger partial charge in [0.15, 0.2) is 0 Å². The van der Waals surface area contributed by atoms with Crippen LogP contribution >= 0.6 is 0 Å². The van der Waals surface area contributed by atoms with Gasteiger partial charge in [-0.05, 0) is 31.5 Å². The van der Waals surface area contributed by atoms with Crippen LogP contribution < -0.4 is 5.32 Å². The Morgan fingerprint density at radius 1 is 1.41 bits per heavy atom. The largest absolute Gasteiger partial charge is 0.478 e. The fourth-order valence-corrected chi connectivity index (χ4v) is 1.41. The number of carbonyl (C=O) groups is 1. The fraction of sp³-hybridized carbons (Fsp3) is 0.462. The molecule has 0 saturated carbocycles. The van der Waals surface area contributed by atoms with Crippen LogP contribution in [0.3, 0.4) is 0 Å². The minimum Gasteiger partial charge on any atom is -0.478 e. The second-order valence-electron chi connectivity index (χ2n) is 3.94. The van der Waals surface area contributed by atoms with Crippen molar-refractivity contribution in [3.63, 3.8) is 0 Å². The van der Waals surface area contributed by atoms with Crippen LogP contribution in [-0.2, 0) is 11.3 Å². The number of ether oxygens (including phenoxy) is 1. The lowest BCUT2D eigenvalue weighted by atomic mass is 10.1. The molecule has 0 heterocycles. The van der Waals surface area contributed by atoms with Crippen LogP contribution in [0.5, 0.6) is 0 Å². The van der Waals surface area contributed by atoms with Gasteiger partial charge < -0.3 is 15.2 Å². The lowest BCUT2D eigenvalue weighted by molar-refractivity contribution is 0.0697. The van der Waals surface area contributed by atoms with Crippen LogP contribution in [-0.4, -0.2) is 30.3 Å². The average Bonchev–Trinajstić information content (AvgIpc) is 2.34. The fourth-order valence-electron chi connectivity index (χ4n) is 1.41. The highest BCUT2D eigenvalue weighted by atomic mass is 16.5. The summed E-state index contributed by atoms with van der Waals surface area (Å²) in [5, 5.41) is 12.1. The molecule has 0 radical (unpaired) electrons. The lowest BCUT2D eigenvalue weighted by Gasteiger charge is -2.13. The summed E-state index contributed by atoms with van der Waals surface area (Å²) in [6.45, 7) is 6.15. The van der Waals surface area contributed by atoms with Crippen molar-refractivity contribution >= 4 is 5.97 Å². The smallest absolute Gasteiger partial charge is 0.335 e. The van der Waals surface area contributed by atoms with E-state index in [0.29, 0.717) is 18.7 Å². The molecule has 1 unspecified atom stereocenters. The summed E-state index contributed by atoms with van der Waals surface area (Å²) in [6, 6.07) is 7.17. The monoisotopic (exact) mass is 237 g/mol. The third-order valence-corrected chi connectivity index (χ3v) is 2.43. The quantitative estimate of drug-likeness (QED) is 0.760. The minimum absolute atomic E-state index is 0.286. The van der Waals surface area contributed by atoms with E-state index >= 15 is 0 Å². The molecule has 4 heteroatoms. The number of hydrogen-bond acceptors (Lipinski definition) is 3. The number of carboxylic acids is 1. The maximum Gasteiger partial charge on any atom is 0.335 e. The number of rotatable bonds is 7. The SMILES string of the molecule is CCOCC(C)NCc1ccc(C(=O)O)cc1. The highest BCUT2D eigenvalue weighted by Gasteiger charge is 2.03. The van der Waals surface area contributed by atoms with Gasteiger partial charge in [0, 0.05) is 19.2 Å². The van der Waals surface area contributed by atoms with Crippen LogP contribution in [0.4, 0.5) is 0 Å². The maximum absolute atomic E-state index is 10.7. The zero-order chi connectivity index (χ0) is 12.7. The molecule has 0 saturated heterocycles. The molecule has 0 spiro atoms. The summed E-state index contributed by atoms with van der Waals surface area (Å²) < 4.78 is 5.29. The number of aromatic carboxylic acids is 1. The van der Waals surface area contributed by atoms with Gasteiger partial charge in [-0.1, -0.05) is 12.1 Å². The van der Waals surface area contributed by atoms with Crippen molar-refractivity contribution < 1.29 is 14.6 Å². The van der Waals surface area contributed by atoms with Crippen molar-refractivity contribution in [3.05, 3.63) is 35.4 Å². The van der Waals surface area contributed by atoms with Crippen LogP contribution in [0, 0.1) is 0 Å². The van der Waals surface area contributed by atoms with E-state index in [0.717, 1.165) is 12.2 Å². The van der Waals surface area contributed by atoms with E-state index in [4.69, 9.17) is 9.84 Å². The van der Waals surface area contributed by atoms with Gasteiger partial charge in [0.1, 0.15) is 0 Å².